The number of pyridine rings is 1. The normalized spacial score (nSPS) is 6.77. The van der Waals surface area contributed by atoms with Gasteiger partial charge in [0.25, 0.3) is 0 Å². The highest BCUT2D eigenvalue weighted by Gasteiger charge is 1.72. The van der Waals surface area contributed by atoms with Crippen LogP contribution in [-0.2, 0) is 4.79 Å². The summed E-state index contributed by atoms with van der Waals surface area (Å²) in [6.07, 6.45) is 3.50. The van der Waals surface area contributed by atoms with Gasteiger partial charge in [0.05, 0.1) is 0 Å². The van der Waals surface area contributed by atoms with Crippen molar-refractivity contribution in [3.05, 3.63) is 30.6 Å². The summed E-state index contributed by atoms with van der Waals surface area (Å²) in [5.41, 5.74) is 0. The van der Waals surface area contributed by atoms with Crippen molar-refractivity contribution in [1.29, 1.82) is 0 Å². The van der Waals surface area contributed by atoms with Crippen molar-refractivity contribution in [2.45, 2.75) is 20.8 Å². The Labute approximate surface area is 81.7 Å². The number of nitrogens with zero attached hydrogens (tertiary/aromatic N) is 1. The second-order valence-electron chi connectivity index (χ2n) is 1.83. The van der Waals surface area contributed by atoms with Crippen molar-refractivity contribution < 1.29 is 6.22 Å². The highest BCUT2D eigenvalue weighted by Crippen LogP contribution is 1.73. The molecule has 0 saturated heterocycles. The Morgan fingerprint density at radius 3 is 1.69 bits per heavy atom. The van der Waals surface area contributed by atoms with Gasteiger partial charge in [0.1, 0.15) is 0 Å². The van der Waals surface area contributed by atoms with Gasteiger partial charge in [-0.15, -0.1) is 0 Å². The topological polar surface area (TPSA) is 42.0 Å². The third-order valence-electron chi connectivity index (χ3n) is 0.919. The highest BCUT2D eigenvalue weighted by atomic mass is 16.1. The van der Waals surface area contributed by atoms with Crippen LogP contribution in [0.5, 0.6) is 0 Å². The smallest absolute Gasteiger partial charge is 0.216 e. The summed E-state index contributed by atoms with van der Waals surface area (Å²) in [6.45, 7) is 5.47. The Hall–Kier alpha value is -1.38. The Kier molecular flexibility index (Phi) is 14.4. The molecular formula is C10H20N2O. The lowest BCUT2D eigenvalue weighted by atomic mass is 10.5. The zero-order valence-electron chi connectivity index (χ0n) is 8.74. The summed E-state index contributed by atoms with van der Waals surface area (Å²) >= 11 is 0. The van der Waals surface area contributed by atoms with E-state index in [2.05, 4.69) is 10.3 Å². The summed E-state index contributed by atoms with van der Waals surface area (Å²) in [5.74, 6) is 0.00463. The van der Waals surface area contributed by atoms with E-state index in [-0.39, 0.29) is 7.33 Å². The first-order chi connectivity index (χ1) is 6.27. The molecule has 76 valence electrons. The average Bonchev–Trinajstić information content (AvgIpc) is 2.24. The van der Waals surface area contributed by atoms with Gasteiger partial charge in [-0.2, -0.15) is 0 Å². The highest BCUT2D eigenvalue weighted by molar-refractivity contribution is 5.72. The van der Waals surface area contributed by atoms with Crippen LogP contribution < -0.4 is 5.32 Å². The van der Waals surface area contributed by atoms with Crippen LogP contribution in [0.15, 0.2) is 30.6 Å². The van der Waals surface area contributed by atoms with E-state index in [1.54, 1.807) is 19.4 Å². The monoisotopic (exact) mass is 184 g/mol. The van der Waals surface area contributed by atoms with Gasteiger partial charge >= 0.3 is 0 Å². The van der Waals surface area contributed by atoms with E-state index in [1.165, 1.54) is 6.92 Å². The molecule has 0 saturated carbocycles. The molecule has 13 heavy (non-hydrogen) atoms. The molecule has 0 radical (unpaired) electrons. The van der Waals surface area contributed by atoms with E-state index in [0.717, 1.165) is 0 Å². The molecule has 0 spiro atoms. The van der Waals surface area contributed by atoms with Gasteiger partial charge in [0, 0.05) is 27.8 Å². The SMILES string of the molecule is CC.CNC(C)=O.[HH].c1ccncc1. The maximum Gasteiger partial charge on any atom is 0.216 e. The van der Waals surface area contributed by atoms with Gasteiger partial charge in [-0.25, -0.2) is 0 Å². The summed E-state index contributed by atoms with van der Waals surface area (Å²) in [7, 11) is 1.60. The lowest BCUT2D eigenvalue weighted by Gasteiger charge is -1.80. The Balaban J connectivity index is -0.000000141. The van der Waals surface area contributed by atoms with Crippen molar-refractivity contribution >= 4 is 5.91 Å². The van der Waals surface area contributed by atoms with Gasteiger partial charge in [0.15, 0.2) is 0 Å². The number of nitrogens with one attached hydrogen (secondary N) is 1. The Morgan fingerprint density at radius 2 is 1.62 bits per heavy atom. The van der Waals surface area contributed by atoms with Gasteiger partial charge in [-0.05, 0) is 12.1 Å². The van der Waals surface area contributed by atoms with Gasteiger partial charge in [-0.1, -0.05) is 19.9 Å². The van der Waals surface area contributed by atoms with Crippen molar-refractivity contribution in [2.75, 3.05) is 7.05 Å². The molecule has 1 amide bonds. The van der Waals surface area contributed by atoms with Crippen molar-refractivity contribution in [1.82, 2.24) is 10.3 Å². The number of amides is 1. The van der Waals surface area contributed by atoms with Crippen LogP contribution in [0.3, 0.4) is 0 Å². The summed E-state index contributed by atoms with van der Waals surface area (Å²) in [5, 5.41) is 2.39. The molecule has 1 aromatic rings. The first-order valence-corrected chi connectivity index (χ1v) is 4.30. The number of carbonyl (C=O) groups is 1. The number of rotatable bonds is 0. The summed E-state index contributed by atoms with van der Waals surface area (Å²) in [4.78, 5) is 13.5. The Morgan fingerprint density at radius 1 is 1.23 bits per heavy atom. The molecule has 3 nitrogen and oxygen atoms in total. The fourth-order valence-corrected chi connectivity index (χ4v) is 0.313. The maximum atomic E-state index is 9.70. The van der Waals surface area contributed by atoms with Crippen LogP contribution >= 0.6 is 0 Å². The molecule has 3 heteroatoms. The zero-order chi connectivity index (χ0) is 10.5. The van der Waals surface area contributed by atoms with Crippen LogP contribution in [0.4, 0.5) is 0 Å². The second kappa shape index (κ2) is 13.2. The van der Waals surface area contributed by atoms with E-state index in [1.807, 2.05) is 32.0 Å². The average molecular weight is 184 g/mol. The number of carbonyl (C=O) groups excluding carboxylic acids is 1. The number of aromatic nitrogens is 1. The summed E-state index contributed by atoms with van der Waals surface area (Å²) < 4.78 is 0. The molecule has 0 aliphatic carbocycles. The molecule has 1 rings (SSSR count). The molecule has 0 fully saturated rings. The quantitative estimate of drug-likeness (QED) is 0.671. The van der Waals surface area contributed by atoms with Gasteiger partial charge in [0.2, 0.25) is 5.91 Å². The molecule has 0 aromatic carbocycles. The minimum atomic E-state index is 0. The predicted octanol–water partition coefficient (Wildman–Crippen LogP) is 2.11. The predicted molar refractivity (Wildman–Crippen MR) is 57.4 cm³/mol. The van der Waals surface area contributed by atoms with E-state index in [4.69, 9.17) is 0 Å². The molecule has 1 heterocycles. The second-order valence-corrected chi connectivity index (χ2v) is 1.83. The molecule has 0 atom stereocenters. The van der Waals surface area contributed by atoms with Crippen LogP contribution in [0.25, 0.3) is 0 Å². The minimum absolute atomic E-state index is 0. The van der Waals surface area contributed by atoms with Crippen molar-refractivity contribution in [3.63, 3.8) is 0 Å². The molecule has 1 aromatic heterocycles. The van der Waals surface area contributed by atoms with Gasteiger partial charge in [-0.3, -0.25) is 9.78 Å². The fourth-order valence-electron chi connectivity index (χ4n) is 0.313. The fraction of sp³-hybridized carbons (Fsp3) is 0.400. The molecule has 0 unspecified atom stereocenters. The number of hydrogen-bond acceptors (Lipinski definition) is 2. The van der Waals surface area contributed by atoms with E-state index in [9.17, 15) is 4.79 Å². The van der Waals surface area contributed by atoms with E-state index >= 15 is 0 Å². The zero-order valence-corrected chi connectivity index (χ0v) is 8.74. The molecule has 0 aliphatic rings. The first-order valence-electron chi connectivity index (χ1n) is 4.30. The Bertz CT molecular complexity index is 166. The minimum Gasteiger partial charge on any atom is -0.359 e. The first kappa shape index (κ1) is 14.2. The van der Waals surface area contributed by atoms with Crippen LogP contribution in [0.1, 0.15) is 22.2 Å². The molecule has 1 N–H and O–H groups in total. The van der Waals surface area contributed by atoms with Crippen molar-refractivity contribution in [3.8, 4) is 0 Å². The molecule has 0 bridgehead atoms. The maximum absolute atomic E-state index is 9.70. The largest absolute Gasteiger partial charge is 0.359 e. The lowest BCUT2D eigenvalue weighted by molar-refractivity contribution is -0.118. The standard InChI is InChI=1S/C5H5N.C3H7NO.C2H6.H2/c1-2-4-6-5-3-1;1-3(5)4-2;1-2;/h1-5H;1-2H3,(H,4,5);1-2H3;1H. The van der Waals surface area contributed by atoms with E-state index < -0.39 is 0 Å². The van der Waals surface area contributed by atoms with Crippen molar-refractivity contribution in [2.24, 2.45) is 0 Å². The lowest BCUT2D eigenvalue weighted by Crippen LogP contribution is -2.11. The van der Waals surface area contributed by atoms with Crippen LogP contribution in [0.2, 0.25) is 0 Å². The summed E-state index contributed by atoms with van der Waals surface area (Å²) in [6, 6.07) is 5.72. The van der Waals surface area contributed by atoms with Gasteiger partial charge < -0.3 is 5.32 Å². The van der Waals surface area contributed by atoms with E-state index in [0.29, 0.717) is 0 Å². The molecular weight excluding hydrogens is 164 g/mol. The third kappa shape index (κ3) is 18.0. The van der Waals surface area contributed by atoms with Crippen LogP contribution in [0, 0.1) is 0 Å². The van der Waals surface area contributed by atoms with Crippen LogP contribution in [-0.4, -0.2) is 17.9 Å². The molecule has 0 aliphatic heterocycles. The number of hydrogen-bond donors (Lipinski definition) is 1. The third-order valence-corrected chi connectivity index (χ3v) is 0.919.